The van der Waals surface area contributed by atoms with Gasteiger partial charge in [0, 0.05) is 13.0 Å². The Bertz CT molecular complexity index is 974. The molecule has 3 heterocycles. The standard InChI is InChI=1S/C19H20FN5O2/c1-2-14-18(20)19(22-11-21-14)27-13-7-8-24(9-13)17(26)10-25-12-23-15-5-3-4-6-16(15)25/h3-6,11-13H,2,7-10H2,1H3. The topological polar surface area (TPSA) is 73.1 Å². The molecule has 0 bridgehead atoms. The molecule has 1 aliphatic heterocycles. The van der Waals surface area contributed by atoms with Crippen molar-refractivity contribution in [3.8, 4) is 5.88 Å². The highest BCUT2D eigenvalue weighted by atomic mass is 19.1. The van der Waals surface area contributed by atoms with Crippen LogP contribution in [0.1, 0.15) is 19.0 Å². The van der Waals surface area contributed by atoms with Crippen LogP contribution in [0.5, 0.6) is 5.88 Å². The molecule has 7 nitrogen and oxygen atoms in total. The number of carbonyl (C=O) groups is 1. The lowest BCUT2D eigenvalue weighted by atomic mass is 10.3. The van der Waals surface area contributed by atoms with Crippen molar-refractivity contribution in [1.82, 2.24) is 24.4 Å². The van der Waals surface area contributed by atoms with Gasteiger partial charge in [-0.3, -0.25) is 4.79 Å². The van der Waals surface area contributed by atoms with Crippen molar-refractivity contribution in [3.63, 3.8) is 0 Å². The largest absolute Gasteiger partial charge is 0.470 e. The first-order valence-electron chi connectivity index (χ1n) is 8.99. The highest BCUT2D eigenvalue weighted by molar-refractivity contribution is 5.80. The molecule has 0 N–H and O–H groups in total. The number of likely N-dealkylation sites (tertiary alicyclic amines) is 1. The number of halogens is 1. The first kappa shape index (κ1) is 17.4. The van der Waals surface area contributed by atoms with E-state index in [0.717, 1.165) is 11.0 Å². The molecule has 1 saturated heterocycles. The summed E-state index contributed by atoms with van der Waals surface area (Å²) in [4.78, 5) is 26.5. The van der Waals surface area contributed by atoms with Crippen molar-refractivity contribution in [2.75, 3.05) is 13.1 Å². The summed E-state index contributed by atoms with van der Waals surface area (Å²) in [6.45, 7) is 3.03. The van der Waals surface area contributed by atoms with Crippen LogP contribution in [0.2, 0.25) is 0 Å². The molecule has 1 atom stereocenters. The van der Waals surface area contributed by atoms with Crippen LogP contribution >= 0.6 is 0 Å². The molecule has 1 unspecified atom stereocenters. The normalized spacial score (nSPS) is 16.8. The second kappa shape index (κ2) is 7.30. The molecule has 140 valence electrons. The number of aromatic nitrogens is 4. The van der Waals surface area contributed by atoms with Crippen molar-refractivity contribution >= 4 is 16.9 Å². The van der Waals surface area contributed by atoms with Gasteiger partial charge in [0.15, 0.2) is 0 Å². The maximum atomic E-state index is 14.2. The molecule has 0 spiro atoms. The third kappa shape index (κ3) is 3.47. The smallest absolute Gasteiger partial charge is 0.254 e. The maximum Gasteiger partial charge on any atom is 0.254 e. The van der Waals surface area contributed by atoms with E-state index in [0.29, 0.717) is 31.6 Å². The fourth-order valence-corrected chi connectivity index (χ4v) is 3.31. The monoisotopic (exact) mass is 369 g/mol. The minimum atomic E-state index is -0.519. The molecule has 0 radical (unpaired) electrons. The number of ether oxygens (including phenoxy) is 1. The predicted molar refractivity (Wildman–Crippen MR) is 96.7 cm³/mol. The van der Waals surface area contributed by atoms with Gasteiger partial charge in [0.25, 0.3) is 5.88 Å². The Balaban J connectivity index is 1.40. The summed E-state index contributed by atoms with van der Waals surface area (Å²) in [5, 5.41) is 0. The Morgan fingerprint density at radius 2 is 2.15 bits per heavy atom. The molecule has 1 amide bonds. The van der Waals surface area contributed by atoms with Crippen LogP contribution in [0.3, 0.4) is 0 Å². The number of benzene rings is 1. The third-order valence-corrected chi connectivity index (χ3v) is 4.77. The number of aryl methyl sites for hydroxylation is 1. The third-order valence-electron chi connectivity index (χ3n) is 4.77. The van der Waals surface area contributed by atoms with Crippen LogP contribution in [0, 0.1) is 5.82 Å². The Labute approximate surface area is 155 Å². The molecule has 2 aromatic heterocycles. The molecule has 3 aromatic rings. The summed E-state index contributed by atoms with van der Waals surface area (Å²) in [7, 11) is 0. The summed E-state index contributed by atoms with van der Waals surface area (Å²) >= 11 is 0. The zero-order valence-electron chi connectivity index (χ0n) is 15.0. The summed E-state index contributed by atoms with van der Waals surface area (Å²) in [6, 6.07) is 7.69. The summed E-state index contributed by atoms with van der Waals surface area (Å²) < 4.78 is 21.8. The SMILES string of the molecule is CCc1ncnc(OC2CCN(C(=O)Cn3cnc4ccccc43)C2)c1F. The van der Waals surface area contributed by atoms with E-state index >= 15 is 0 Å². The first-order chi connectivity index (χ1) is 13.2. The van der Waals surface area contributed by atoms with Gasteiger partial charge >= 0.3 is 0 Å². The van der Waals surface area contributed by atoms with E-state index in [1.165, 1.54) is 6.33 Å². The van der Waals surface area contributed by atoms with Crippen molar-refractivity contribution in [2.24, 2.45) is 0 Å². The lowest BCUT2D eigenvalue weighted by Crippen LogP contribution is -2.33. The number of fused-ring (bicyclic) bond motifs is 1. The number of imidazole rings is 1. The fourth-order valence-electron chi connectivity index (χ4n) is 3.31. The predicted octanol–water partition coefficient (Wildman–Crippen LogP) is 2.21. The van der Waals surface area contributed by atoms with Crippen LogP contribution in [0.25, 0.3) is 11.0 Å². The van der Waals surface area contributed by atoms with E-state index in [1.807, 2.05) is 35.8 Å². The van der Waals surface area contributed by atoms with Crippen molar-refractivity contribution in [3.05, 3.63) is 48.4 Å². The van der Waals surface area contributed by atoms with E-state index in [2.05, 4.69) is 15.0 Å². The molecule has 1 aliphatic rings. The lowest BCUT2D eigenvalue weighted by Gasteiger charge is -2.17. The van der Waals surface area contributed by atoms with E-state index in [4.69, 9.17) is 4.74 Å². The minimum Gasteiger partial charge on any atom is -0.470 e. The number of carbonyl (C=O) groups excluding carboxylic acids is 1. The Morgan fingerprint density at radius 1 is 1.30 bits per heavy atom. The Morgan fingerprint density at radius 3 is 3.00 bits per heavy atom. The van der Waals surface area contributed by atoms with E-state index in [9.17, 15) is 9.18 Å². The van der Waals surface area contributed by atoms with Crippen LogP contribution in [-0.4, -0.2) is 49.5 Å². The van der Waals surface area contributed by atoms with Gasteiger partial charge < -0.3 is 14.2 Å². The Kier molecular flexibility index (Phi) is 4.70. The van der Waals surface area contributed by atoms with Crippen LogP contribution in [0.4, 0.5) is 4.39 Å². The summed E-state index contributed by atoms with van der Waals surface area (Å²) in [5.74, 6) is -0.571. The highest BCUT2D eigenvalue weighted by Crippen LogP contribution is 2.21. The molecule has 0 saturated carbocycles. The van der Waals surface area contributed by atoms with Crippen LogP contribution in [-0.2, 0) is 17.8 Å². The second-order valence-corrected chi connectivity index (χ2v) is 6.52. The lowest BCUT2D eigenvalue weighted by molar-refractivity contribution is -0.131. The van der Waals surface area contributed by atoms with Crippen LogP contribution < -0.4 is 4.74 Å². The fraction of sp³-hybridized carbons (Fsp3) is 0.368. The van der Waals surface area contributed by atoms with Gasteiger partial charge in [0.1, 0.15) is 19.0 Å². The number of nitrogens with zero attached hydrogens (tertiary/aromatic N) is 5. The zero-order chi connectivity index (χ0) is 18.8. The number of para-hydroxylation sites is 2. The second-order valence-electron chi connectivity index (χ2n) is 6.52. The zero-order valence-corrected chi connectivity index (χ0v) is 15.0. The van der Waals surface area contributed by atoms with E-state index < -0.39 is 5.82 Å². The molecule has 8 heteroatoms. The number of hydrogen-bond acceptors (Lipinski definition) is 5. The van der Waals surface area contributed by atoms with Crippen LogP contribution in [0.15, 0.2) is 36.9 Å². The molecular formula is C19H20FN5O2. The average molecular weight is 369 g/mol. The van der Waals surface area contributed by atoms with Gasteiger partial charge in [-0.25, -0.2) is 9.97 Å². The average Bonchev–Trinajstić information content (AvgIpc) is 3.31. The van der Waals surface area contributed by atoms with Gasteiger partial charge in [-0.2, -0.15) is 9.37 Å². The van der Waals surface area contributed by atoms with Gasteiger partial charge in [0.05, 0.1) is 29.6 Å². The van der Waals surface area contributed by atoms with Crippen molar-refractivity contribution in [2.45, 2.75) is 32.4 Å². The van der Waals surface area contributed by atoms with Crippen molar-refractivity contribution in [1.29, 1.82) is 0 Å². The first-order valence-corrected chi connectivity index (χ1v) is 8.99. The molecule has 4 rings (SSSR count). The van der Waals surface area contributed by atoms with Crippen molar-refractivity contribution < 1.29 is 13.9 Å². The molecule has 27 heavy (non-hydrogen) atoms. The molecule has 1 aromatic carbocycles. The minimum absolute atomic E-state index is 0.0124. The van der Waals surface area contributed by atoms with Gasteiger partial charge in [0.2, 0.25) is 11.7 Å². The van der Waals surface area contributed by atoms with Gasteiger partial charge in [-0.1, -0.05) is 19.1 Å². The van der Waals surface area contributed by atoms with Gasteiger partial charge in [-0.15, -0.1) is 0 Å². The van der Waals surface area contributed by atoms with E-state index in [1.54, 1.807) is 11.2 Å². The van der Waals surface area contributed by atoms with E-state index in [-0.39, 0.29) is 24.4 Å². The number of hydrogen-bond donors (Lipinski definition) is 0. The number of amides is 1. The quantitative estimate of drug-likeness (QED) is 0.689. The summed E-state index contributed by atoms with van der Waals surface area (Å²) in [5.41, 5.74) is 2.12. The van der Waals surface area contributed by atoms with Gasteiger partial charge in [-0.05, 0) is 18.6 Å². The molecule has 1 fully saturated rings. The highest BCUT2D eigenvalue weighted by Gasteiger charge is 2.29. The maximum absolute atomic E-state index is 14.2. The number of rotatable bonds is 5. The Hall–Kier alpha value is -3.03. The summed E-state index contributed by atoms with van der Waals surface area (Å²) in [6.07, 6.45) is 3.82. The molecule has 0 aliphatic carbocycles. The molecular weight excluding hydrogens is 349 g/mol.